The Morgan fingerprint density at radius 3 is 2.20 bits per heavy atom. The van der Waals surface area contributed by atoms with Crippen LogP contribution in [0.4, 0.5) is 0 Å². The molecule has 0 saturated carbocycles. The molecule has 0 spiro atoms. The summed E-state index contributed by atoms with van der Waals surface area (Å²) in [5, 5.41) is 3.38. The molecular weight excluding hydrogens is 254 g/mol. The van der Waals surface area contributed by atoms with Gasteiger partial charge in [0.25, 0.3) is 0 Å². The first kappa shape index (κ1) is 16.2. The maximum atomic E-state index is 5.32. The van der Waals surface area contributed by atoms with Crippen LogP contribution < -0.4 is 19.5 Å². The Bertz CT molecular complexity index is 427. The predicted octanol–water partition coefficient (Wildman–Crippen LogP) is 2.61. The summed E-state index contributed by atoms with van der Waals surface area (Å²) in [6.45, 7) is 1.70. The SMILES string of the molecule is C#CCCCCNCc1cc(OC)c(OC)c(OC)c1. The fourth-order valence-electron chi connectivity index (χ4n) is 1.95. The highest BCUT2D eigenvalue weighted by Crippen LogP contribution is 2.38. The first-order valence-electron chi connectivity index (χ1n) is 6.69. The van der Waals surface area contributed by atoms with Gasteiger partial charge in [0.15, 0.2) is 11.5 Å². The predicted molar refractivity (Wildman–Crippen MR) is 80.5 cm³/mol. The second kappa shape index (κ2) is 9.11. The summed E-state index contributed by atoms with van der Waals surface area (Å²) >= 11 is 0. The zero-order chi connectivity index (χ0) is 14.8. The fraction of sp³-hybridized carbons (Fsp3) is 0.500. The second-order valence-corrected chi connectivity index (χ2v) is 4.37. The van der Waals surface area contributed by atoms with Crippen molar-refractivity contribution in [3.8, 4) is 29.6 Å². The average Bonchev–Trinajstić information content (AvgIpc) is 2.49. The monoisotopic (exact) mass is 277 g/mol. The average molecular weight is 277 g/mol. The molecule has 4 heteroatoms. The van der Waals surface area contributed by atoms with Gasteiger partial charge < -0.3 is 19.5 Å². The summed E-state index contributed by atoms with van der Waals surface area (Å²) in [7, 11) is 4.84. The number of methoxy groups -OCH3 is 3. The van der Waals surface area contributed by atoms with Crippen molar-refractivity contribution in [1.29, 1.82) is 0 Å². The Morgan fingerprint density at radius 2 is 1.70 bits per heavy atom. The molecule has 0 unspecified atom stereocenters. The number of unbranched alkanes of at least 4 members (excludes halogenated alkanes) is 2. The van der Waals surface area contributed by atoms with E-state index in [1.807, 2.05) is 12.1 Å². The van der Waals surface area contributed by atoms with Crippen molar-refractivity contribution in [3.05, 3.63) is 17.7 Å². The molecule has 0 heterocycles. The van der Waals surface area contributed by atoms with Gasteiger partial charge in [0.1, 0.15) is 0 Å². The number of benzene rings is 1. The quantitative estimate of drug-likeness (QED) is 0.556. The maximum Gasteiger partial charge on any atom is 0.203 e. The molecule has 0 bridgehead atoms. The van der Waals surface area contributed by atoms with E-state index in [1.54, 1.807) is 21.3 Å². The van der Waals surface area contributed by atoms with Gasteiger partial charge in [-0.3, -0.25) is 0 Å². The van der Waals surface area contributed by atoms with Crippen molar-refractivity contribution in [2.75, 3.05) is 27.9 Å². The van der Waals surface area contributed by atoms with Crippen LogP contribution in [-0.2, 0) is 6.54 Å². The largest absolute Gasteiger partial charge is 0.493 e. The molecule has 0 saturated heterocycles. The number of terminal acetylenes is 1. The molecule has 1 aromatic carbocycles. The molecule has 1 rings (SSSR count). The minimum Gasteiger partial charge on any atom is -0.493 e. The maximum absolute atomic E-state index is 5.32. The highest BCUT2D eigenvalue weighted by molar-refractivity contribution is 5.53. The smallest absolute Gasteiger partial charge is 0.203 e. The van der Waals surface area contributed by atoms with Crippen molar-refractivity contribution in [1.82, 2.24) is 5.32 Å². The summed E-state index contributed by atoms with van der Waals surface area (Å²) in [5.41, 5.74) is 1.09. The van der Waals surface area contributed by atoms with E-state index in [0.717, 1.165) is 37.9 Å². The zero-order valence-corrected chi connectivity index (χ0v) is 12.5. The lowest BCUT2D eigenvalue weighted by Crippen LogP contribution is -2.14. The molecule has 0 aliphatic carbocycles. The van der Waals surface area contributed by atoms with Crippen LogP contribution in [-0.4, -0.2) is 27.9 Å². The lowest BCUT2D eigenvalue weighted by molar-refractivity contribution is 0.323. The van der Waals surface area contributed by atoms with E-state index in [4.69, 9.17) is 20.6 Å². The highest BCUT2D eigenvalue weighted by Gasteiger charge is 2.12. The Balaban J connectivity index is 2.60. The minimum atomic E-state index is 0.618. The van der Waals surface area contributed by atoms with Crippen molar-refractivity contribution in [3.63, 3.8) is 0 Å². The Kier molecular flexibility index (Phi) is 7.38. The van der Waals surface area contributed by atoms with Crippen LogP contribution in [0.25, 0.3) is 0 Å². The van der Waals surface area contributed by atoms with Crippen LogP contribution in [0.1, 0.15) is 24.8 Å². The Hall–Kier alpha value is -1.86. The van der Waals surface area contributed by atoms with Crippen LogP contribution in [0.2, 0.25) is 0 Å². The zero-order valence-electron chi connectivity index (χ0n) is 12.5. The highest BCUT2D eigenvalue weighted by atomic mass is 16.5. The Labute approximate surface area is 121 Å². The number of ether oxygens (including phenoxy) is 3. The van der Waals surface area contributed by atoms with Crippen molar-refractivity contribution >= 4 is 0 Å². The lowest BCUT2D eigenvalue weighted by Gasteiger charge is -2.14. The summed E-state index contributed by atoms with van der Waals surface area (Å²) in [6, 6.07) is 3.91. The van der Waals surface area contributed by atoms with E-state index in [9.17, 15) is 0 Å². The lowest BCUT2D eigenvalue weighted by atomic mass is 10.1. The molecule has 1 N–H and O–H groups in total. The Morgan fingerprint density at radius 1 is 1.05 bits per heavy atom. The van der Waals surface area contributed by atoms with Crippen LogP contribution in [0.3, 0.4) is 0 Å². The molecule has 0 aliphatic rings. The van der Waals surface area contributed by atoms with E-state index < -0.39 is 0 Å². The van der Waals surface area contributed by atoms with Gasteiger partial charge in [0.2, 0.25) is 5.75 Å². The van der Waals surface area contributed by atoms with Gasteiger partial charge in [0, 0.05) is 13.0 Å². The first-order chi connectivity index (χ1) is 9.76. The molecule has 0 amide bonds. The normalized spacial score (nSPS) is 9.90. The fourth-order valence-corrected chi connectivity index (χ4v) is 1.95. The molecule has 4 nitrogen and oxygen atoms in total. The van der Waals surface area contributed by atoms with Crippen molar-refractivity contribution < 1.29 is 14.2 Å². The van der Waals surface area contributed by atoms with Gasteiger partial charge in [-0.2, -0.15) is 0 Å². The van der Waals surface area contributed by atoms with E-state index in [1.165, 1.54) is 0 Å². The molecule has 20 heavy (non-hydrogen) atoms. The van der Waals surface area contributed by atoms with Gasteiger partial charge in [-0.1, -0.05) is 0 Å². The topological polar surface area (TPSA) is 39.7 Å². The van der Waals surface area contributed by atoms with E-state index in [2.05, 4.69) is 11.2 Å². The van der Waals surface area contributed by atoms with Gasteiger partial charge in [-0.05, 0) is 37.1 Å². The molecule has 0 aliphatic heterocycles. The molecule has 110 valence electrons. The van der Waals surface area contributed by atoms with Gasteiger partial charge in [0.05, 0.1) is 21.3 Å². The van der Waals surface area contributed by atoms with Gasteiger partial charge in [-0.15, -0.1) is 12.3 Å². The number of hydrogen-bond donors (Lipinski definition) is 1. The van der Waals surface area contributed by atoms with E-state index in [-0.39, 0.29) is 0 Å². The number of hydrogen-bond acceptors (Lipinski definition) is 4. The number of rotatable bonds is 9. The molecule has 0 radical (unpaired) electrons. The van der Waals surface area contributed by atoms with Crippen LogP contribution >= 0.6 is 0 Å². The minimum absolute atomic E-state index is 0.618. The molecule has 0 atom stereocenters. The van der Waals surface area contributed by atoms with Crippen molar-refractivity contribution in [2.24, 2.45) is 0 Å². The summed E-state index contributed by atoms with van der Waals surface area (Å²) < 4.78 is 15.9. The van der Waals surface area contributed by atoms with Crippen molar-refractivity contribution in [2.45, 2.75) is 25.8 Å². The third-order valence-corrected chi connectivity index (χ3v) is 2.98. The van der Waals surface area contributed by atoms with Crippen LogP contribution in [0.15, 0.2) is 12.1 Å². The first-order valence-corrected chi connectivity index (χ1v) is 6.69. The molecular formula is C16H23NO3. The van der Waals surface area contributed by atoms with E-state index in [0.29, 0.717) is 17.2 Å². The third kappa shape index (κ3) is 4.67. The van der Waals surface area contributed by atoms with Crippen LogP contribution in [0, 0.1) is 12.3 Å². The molecule has 0 aromatic heterocycles. The molecule has 1 aromatic rings. The van der Waals surface area contributed by atoms with E-state index >= 15 is 0 Å². The number of nitrogens with one attached hydrogen (secondary N) is 1. The summed E-state index contributed by atoms with van der Waals surface area (Å²) in [4.78, 5) is 0. The van der Waals surface area contributed by atoms with Gasteiger partial charge in [-0.25, -0.2) is 0 Å². The van der Waals surface area contributed by atoms with Gasteiger partial charge >= 0.3 is 0 Å². The second-order valence-electron chi connectivity index (χ2n) is 4.37. The van der Waals surface area contributed by atoms with Crippen LogP contribution in [0.5, 0.6) is 17.2 Å². The summed E-state index contributed by atoms with van der Waals surface area (Å²) in [6.07, 6.45) is 8.19. The standard InChI is InChI=1S/C16H23NO3/c1-5-6-7-8-9-17-12-13-10-14(18-2)16(20-4)15(11-13)19-3/h1,10-11,17H,6-9,12H2,2-4H3. The summed E-state index contributed by atoms with van der Waals surface area (Å²) in [5.74, 6) is 4.62. The third-order valence-electron chi connectivity index (χ3n) is 2.98. The molecule has 0 fully saturated rings.